The molecule has 9 nitrogen and oxygen atoms in total. The number of aliphatic hydroxyl groups is 1. The summed E-state index contributed by atoms with van der Waals surface area (Å²) in [6.07, 6.45) is 0. The van der Waals surface area contributed by atoms with Crippen LogP contribution in [0.3, 0.4) is 0 Å². The van der Waals surface area contributed by atoms with Crippen molar-refractivity contribution in [1.29, 1.82) is 0 Å². The van der Waals surface area contributed by atoms with Gasteiger partial charge in [-0.1, -0.05) is 0 Å². The van der Waals surface area contributed by atoms with Crippen LogP contribution in [0.2, 0.25) is 0 Å². The van der Waals surface area contributed by atoms with Crippen LogP contribution in [0, 0.1) is 0 Å². The minimum absolute atomic E-state index is 0.0599. The number of aromatic hydroxyl groups is 2. The lowest BCUT2D eigenvalue weighted by atomic mass is 9.85. The van der Waals surface area contributed by atoms with E-state index in [1.54, 1.807) is 0 Å². The van der Waals surface area contributed by atoms with E-state index in [-0.39, 0.29) is 35.0 Å². The number of nitrogens with one attached hydrogen (secondary N) is 3. The molecule has 2 aromatic carbocycles. The molecule has 9 heteroatoms. The largest absolute Gasteiger partial charge is 0.507 e. The summed E-state index contributed by atoms with van der Waals surface area (Å²) in [7, 11) is 1.85. The van der Waals surface area contributed by atoms with E-state index < -0.39 is 0 Å². The third kappa shape index (κ3) is 3.26. The van der Waals surface area contributed by atoms with Gasteiger partial charge in [0.15, 0.2) is 5.78 Å². The van der Waals surface area contributed by atoms with Crippen LogP contribution in [-0.4, -0.2) is 70.7 Å². The fourth-order valence-corrected chi connectivity index (χ4v) is 3.88. The highest BCUT2D eigenvalue weighted by molar-refractivity contribution is 6.29. The zero-order valence-electron chi connectivity index (χ0n) is 16.7. The number of hydrogen-bond acceptors (Lipinski definition) is 8. The lowest BCUT2D eigenvalue weighted by molar-refractivity contribution is 0.103. The van der Waals surface area contributed by atoms with Crippen molar-refractivity contribution in [2.45, 2.75) is 6.54 Å². The molecule has 0 atom stereocenters. The van der Waals surface area contributed by atoms with Gasteiger partial charge in [0.25, 0.3) is 0 Å². The molecule has 1 heterocycles. The number of aliphatic hydroxyl groups excluding tert-OH is 1. The maximum atomic E-state index is 13.4. The molecule has 6 N–H and O–H groups in total. The highest BCUT2D eigenvalue weighted by Gasteiger charge is 2.35. The molecule has 30 heavy (non-hydrogen) atoms. The van der Waals surface area contributed by atoms with Crippen LogP contribution in [-0.2, 0) is 6.54 Å². The number of aromatic nitrogens is 2. The third-order valence-electron chi connectivity index (χ3n) is 5.25. The smallest absolute Gasteiger partial charge is 0.200 e. The third-order valence-corrected chi connectivity index (χ3v) is 5.25. The number of carbonyl (C=O) groups is 1. The monoisotopic (exact) mass is 411 g/mol. The quantitative estimate of drug-likeness (QED) is 0.177. The predicted molar refractivity (Wildman–Crippen MR) is 114 cm³/mol. The number of phenols is 2. The van der Waals surface area contributed by atoms with Gasteiger partial charge in [0.2, 0.25) is 0 Å². The molecular formula is C21H25N5O4. The van der Waals surface area contributed by atoms with Crippen molar-refractivity contribution in [3.05, 3.63) is 35.4 Å². The van der Waals surface area contributed by atoms with E-state index in [4.69, 9.17) is 5.11 Å². The van der Waals surface area contributed by atoms with Crippen molar-refractivity contribution < 1.29 is 20.1 Å². The Labute approximate surface area is 173 Å². The number of ketones is 1. The molecule has 1 aliphatic carbocycles. The molecule has 0 amide bonds. The number of anilines is 1. The molecule has 4 rings (SSSR count). The SMILES string of the molecule is CNCCn1nc2c3c(c(NCCNCCO)ccc31)C(=O)c1c(O)ccc(O)c1-2. The summed E-state index contributed by atoms with van der Waals surface area (Å²) in [6.45, 7) is 3.00. The van der Waals surface area contributed by atoms with Gasteiger partial charge >= 0.3 is 0 Å². The number of likely N-dealkylation sites (N-methyl/N-ethyl adjacent to an activating group) is 1. The lowest BCUT2D eigenvalue weighted by Crippen LogP contribution is -2.25. The standard InChI is InChI=1S/C21H25N5O4/c1-22-8-10-26-13-3-2-12(24-7-6-23-9-11-27)16-17(13)20(25-26)18-14(28)4-5-15(29)19(18)21(16)30/h2-5,22-24,27-29H,6-11H2,1H3. The van der Waals surface area contributed by atoms with Crippen molar-refractivity contribution in [2.24, 2.45) is 0 Å². The molecule has 158 valence electrons. The Balaban J connectivity index is 1.86. The molecular weight excluding hydrogens is 386 g/mol. The minimum Gasteiger partial charge on any atom is -0.507 e. The van der Waals surface area contributed by atoms with E-state index in [1.807, 2.05) is 23.9 Å². The summed E-state index contributed by atoms with van der Waals surface area (Å²) in [4.78, 5) is 13.4. The van der Waals surface area contributed by atoms with Crippen molar-refractivity contribution in [1.82, 2.24) is 20.4 Å². The lowest BCUT2D eigenvalue weighted by Gasteiger charge is -2.20. The molecule has 0 bridgehead atoms. The topological polar surface area (TPSA) is 132 Å². The van der Waals surface area contributed by atoms with Crippen molar-refractivity contribution in [3.63, 3.8) is 0 Å². The Morgan fingerprint density at radius 1 is 0.967 bits per heavy atom. The van der Waals surface area contributed by atoms with Gasteiger partial charge in [-0.2, -0.15) is 5.10 Å². The second-order valence-electron chi connectivity index (χ2n) is 7.14. The number of hydrogen-bond donors (Lipinski definition) is 6. The first-order valence-electron chi connectivity index (χ1n) is 9.92. The summed E-state index contributed by atoms with van der Waals surface area (Å²) in [5.74, 6) is -0.625. The normalized spacial score (nSPS) is 12.4. The Bertz CT molecular complexity index is 1110. The molecule has 3 aromatic rings. The maximum absolute atomic E-state index is 13.4. The van der Waals surface area contributed by atoms with Crippen molar-refractivity contribution in [2.75, 3.05) is 45.2 Å². The highest BCUT2D eigenvalue weighted by atomic mass is 16.3. The Hall–Kier alpha value is -3.14. The molecule has 0 unspecified atom stereocenters. The zero-order chi connectivity index (χ0) is 21.3. The Kier molecular flexibility index (Phi) is 5.58. The fourth-order valence-electron chi connectivity index (χ4n) is 3.88. The number of nitrogens with zero attached hydrogens (tertiary/aromatic N) is 2. The summed E-state index contributed by atoms with van der Waals surface area (Å²) in [5, 5.41) is 44.6. The van der Waals surface area contributed by atoms with E-state index in [1.165, 1.54) is 12.1 Å². The van der Waals surface area contributed by atoms with Crippen LogP contribution in [0.4, 0.5) is 5.69 Å². The van der Waals surface area contributed by atoms with Gasteiger partial charge in [-0.05, 0) is 31.3 Å². The van der Waals surface area contributed by atoms with E-state index >= 15 is 0 Å². The molecule has 0 fully saturated rings. The number of carbonyl (C=O) groups excluding carboxylic acids is 1. The number of phenolic OH excluding ortho intramolecular Hbond substituents is 2. The summed E-state index contributed by atoms with van der Waals surface area (Å²) >= 11 is 0. The van der Waals surface area contributed by atoms with Gasteiger partial charge in [0.05, 0.1) is 35.4 Å². The highest BCUT2D eigenvalue weighted by Crippen LogP contribution is 2.47. The van der Waals surface area contributed by atoms with E-state index in [2.05, 4.69) is 21.0 Å². The van der Waals surface area contributed by atoms with Crippen LogP contribution in [0.5, 0.6) is 11.5 Å². The van der Waals surface area contributed by atoms with Crippen molar-refractivity contribution in [3.8, 4) is 22.8 Å². The molecule has 0 aliphatic heterocycles. The van der Waals surface area contributed by atoms with E-state index in [0.717, 1.165) is 5.52 Å². The first kappa shape index (κ1) is 20.1. The summed E-state index contributed by atoms with van der Waals surface area (Å²) in [6, 6.07) is 6.45. The molecule has 0 spiro atoms. The van der Waals surface area contributed by atoms with Gasteiger partial charge in [-0.15, -0.1) is 0 Å². The summed E-state index contributed by atoms with van der Waals surface area (Å²) < 4.78 is 1.81. The van der Waals surface area contributed by atoms with E-state index in [9.17, 15) is 15.0 Å². The Morgan fingerprint density at radius 2 is 1.73 bits per heavy atom. The van der Waals surface area contributed by atoms with Crippen LogP contribution in [0.1, 0.15) is 15.9 Å². The first-order chi connectivity index (χ1) is 14.6. The zero-order valence-corrected chi connectivity index (χ0v) is 16.7. The predicted octanol–water partition coefficient (Wildman–Crippen LogP) is 0.872. The average molecular weight is 411 g/mol. The molecule has 1 aromatic heterocycles. The van der Waals surface area contributed by atoms with Gasteiger partial charge in [0.1, 0.15) is 17.2 Å². The second kappa shape index (κ2) is 8.31. The molecule has 0 saturated carbocycles. The van der Waals surface area contributed by atoms with Crippen LogP contribution in [0.25, 0.3) is 22.2 Å². The van der Waals surface area contributed by atoms with Gasteiger partial charge < -0.3 is 31.3 Å². The minimum atomic E-state index is -0.351. The summed E-state index contributed by atoms with van der Waals surface area (Å²) in [5.41, 5.74) is 2.69. The first-order valence-corrected chi connectivity index (χ1v) is 9.92. The van der Waals surface area contributed by atoms with Crippen LogP contribution >= 0.6 is 0 Å². The maximum Gasteiger partial charge on any atom is 0.200 e. The Morgan fingerprint density at radius 3 is 2.47 bits per heavy atom. The van der Waals surface area contributed by atoms with Gasteiger partial charge in [0, 0.05) is 37.3 Å². The fraction of sp³-hybridized carbons (Fsp3) is 0.333. The van der Waals surface area contributed by atoms with E-state index in [0.29, 0.717) is 55.1 Å². The molecule has 1 aliphatic rings. The number of fused-ring (bicyclic) bond motifs is 2. The average Bonchev–Trinajstić information content (AvgIpc) is 3.11. The number of benzene rings is 2. The molecule has 0 saturated heterocycles. The second-order valence-corrected chi connectivity index (χ2v) is 7.14. The number of rotatable bonds is 9. The van der Waals surface area contributed by atoms with Gasteiger partial charge in [-0.25, -0.2) is 0 Å². The van der Waals surface area contributed by atoms with Crippen LogP contribution in [0.15, 0.2) is 24.3 Å². The van der Waals surface area contributed by atoms with Crippen LogP contribution < -0.4 is 16.0 Å². The molecule has 0 radical (unpaired) electrons. The van der Waals surface area contributed by atoms with Crippen molar-refractivity contribution >= 4 is 22.4 Å². The van der Waals surface area contributed by atoms with Gasteiger partial charge in [-0.3, -0.25) is 9.48 Å².